The average Bonchev–Trinajstić information content (AvgIpc) is 2.24. The Morgan fingerprint density at radius 1 is 1.24 bits per heavy atom. The van der Waals surface area contributed by atoms with Crippen LogP contribution in [0.2, 0.25) is 0 Å². The standard InChI is InChI=1S/C11H13BrF3NO/c12-9-7-8(11(13,14)15)3-4-10(9)16-5-1-2-6-17/h3-4,7,16-17H,1-2,5-6H2. The molecule has 0 heterocycles. The van der Waals surface area contributed by atoms with Gasteiger partial charge in [0.05, 0.1) is 5.56 Å². The van der Waals surface area contributed by atoms with Crippen LogP contribution in [0.1, 0.15) is 18.4 Å². The van der Waals surface area contributed by atoms with Crippen molar-refractivity contribution in [1.82, 2.24) is 0 Å². The molecule has 0 atom stereocenters. The first-order valence-electron chi connectivity index (χ1n) is 5.16. The second kappa shape index (κ2) is 6.26. The first kappa shape index (κ1) is 14.3. The third kappa shape index (κ3) is 4.55. The molecule has 6 heteroatoms. The van der Waals surface area contributed by atoms with E-state index in [4.69, 9.17) is 5.11 Å². The van der Waals surface area contributed by atoms with Gasteiger partial charge in [0.25, 0.3) is 0 Å². The van der Waals surface area contributed by atoms with E-state index in [1.807, 2.05) is 0 Å². The highest BCUT2D eigenvalue weighted by atomic mass is 79.9. The van der Waals surface area contributed by atoms with Crippen LogP contribution >= 0.6 is 15.9 Å². The molecule has 0 amide bonds. The van der Waals surface area contributed by atoms with E-state index >= 15 is 0 Å². The Labute approximate surface area is 106 Å². The molecular formula is C11H13BrF3NO. The van der Waals surface area contributed by atoms with Crippen molar-refractivity contribution in [3.05, 3.63) is 28.2 Å². The van der Waals surface area contributed by atoms with Gasteiger partial charge in [0.1, 0.15) is 0 Å². The molecule has 0 aromatic heterocycles. The lowest BCUT2D eigenvalue weighted by atomic mass is 10.2. The second-order valence-corrected chi connectivity index (χ2v) is 4.40. The lowest BCUT2D eigenvalue weighted by molar-refractivity contribution is -0.137. The summed E-state index contributed by atoms with van der Waals surface area (Å²) in [5, 5.41) is 11.6. The molecule has 96 valence electrons. The normalized spacial score (nSPS) is 11.6. The van der Waals surface area contributed by atoms with Crippen molar-refractivity contribution in [3.8, 4) is 0 Å². The Bertz CT molecular complexity index is 368. The van der Waals surface area contributed by atoms with Gasteiger partial charge in [-0.3, -0.25) is 0 Å². The van der Waals surface area contributed by atoms with E-state index in [2.05, 4.69) is 21.2 Å². The van der Waals surface area contributed by atoms with Gasteiger partial charge in [-0.15, -0.1) is 0 Å². The zero-order valence-electron chi connectivity index (χ0n) is 9.02. The summed E-state index contributed by atoms with van der Waals surface area (Å²) in [5.74, 6) is 0. The van der Waals surface area contributed by atoms with Crippen molar-refractivity contribution >= 4 is 21.6 Å². The molecule has 0 unspecified atom stereocenters. The number of unbranched alkanes of at least 4 members (excludes halogenated alkanes) is 1. The fourth-order valence-electron chi connectivity index (χ4n) is 1.29. The smallest absolute Gasteiger partial charge is 0.396 e. The third-order valence-corrected chi connectivity index (χ3v) is 2.85. The maximum atomic E-state index is 12.4. The molecule has 0 radical (unpaired) electrons. The van der Waals surface area contributed by atoms with Gasteiger partial charge < -0.3 is 10.4 Å². The molecule has 0 spiro atoms. The largest absolute Gasteiger partial charge is 0.416 e. The number of rotatable bonds is 5. The molecule has 1 aromatic rings. The van der Waals surface area contributed by atoms with E-state index in [1.165, 1.54) is 6.07 Å². The highest BCUT2D eigenvalue weighted by molar-refractivity contribution is 9.10. The number of aliphatic hydroxyl groups is 1. The quantitative estimate of drug-likeness (QED) is 0.814. The zero-order chi connectivity index (χ0) is 12.9. The number of benzene rings is 1. The molecule has 0 fully saturated rings. The maximum absolute atomic E-state index is 12.4. The molecule has 0 aliphatic carbocycles. The van der Waals surface area contributed by atoms with Crippen molar-refractivity contribution in [2.75, 3.05) is 18.5 Å². The van der Waals surface area contributed by atoms with Crippen LogP contribution in [0.25, 0.3) is 0 Å². The van der Waals surface area contributed by atoms with Gasteiger partial charge in [-0.2, -0.15) is 13.2 Å². The molecular weight excluding hydrogens is 299 g/mol. The summed E-state index contributed by atoms with van der Waals surface area (Å²) in [6.07, 6.45) is -2.88. The fraction of sp³-hybridized carbons (Fsp3) is 0.455. The van der Waals surface area contributed by atoms with Gasteiger partial charge in [-0.1, -0.05) is 0 Å². The van der Waals surface area contributed by atoms with Crippen molar-refractivity contribution in [2.45, 2.75) is 19.0 Å². The number of hydrogen-bond donors (Lipinski definition) is 2. The number of aliphatic hydroxyl groups excluding tert-OH is 1. The summed E-state index contributed by atoms with van der Waals surface area (Å²) in [7, 11) is 0. The summed E-state index contributed by atoms with van der Waals surface area (Å²) in [6, 6.07) is 3.49. The zero-order valence-corrected chi connectivity index (χ0v) is 10.6. The highest BCUT2D eigenvalue weighted by Gasteiger charge is 2.30. The van der Waals surface area contributed by atoms with E-state index in [0.717, 1.165) is 18.6 Å². The average molecular weight is 312 g/mol. The van der Waals surface area contributed by atoms with E-state index in [0.29, 0.717) is 23.1 Å². The van der Waals surface area contributed by atoms with Gasteiger partial charge >= 0.3 is 6.18 Å². The minimum absolute atomic E-state index is 0.121. The van der Waals surface area contributed by atoms with Gasteiger partial charge in [0.15, 0.2) is 0 Å². The Balaban J connectivity index is 2.64. The highest BCUT2D eigenvalue weighted by Crippen LogP contribution is 2.33. The third-order valence-electron chi connectivity index (χ3n) is 2.20. The van der Waals surface area contributed by atoms with E-state index < -0.39 is 11.7 Å². The van der Waals surface area contributed by atoms with Crippen molar-refractivity contribution in [3.63, 3.8) is 0 Å². The lowest BCUT2D eigenvalue weighted by Gasteiger charge is -2.11. The molecule has 0 aliphatic rings. The minimum Gasteiger partial charge on any atom is -0.396 e. The van der Waals surface area contributed by atoms with E-state index in [1.54, 1.807) is 0 Å². The van der Waals surface area contributed by atoms with E-state index in [9.17, 15) is 13.2 Å². The topological polar surface area (TPSA) is 32.3 Å². The van der Waals surface area contributed by atoms with Crippen LogP contribution in [0.5, 0.6) is 0 Å². The summed E-state index contributed by atoms with van der Waals surface area (Å²) < 4.78 is 37.5. The number of alkyl halides is 3. The summed E-state index contributed by atoms with van der Waals surface area (Å²) in [4.78, 5) is 0. The molecule has 2 nitrogen and oxygen atoms in total. The van der Waals surface area contributed by atoms with Crippen LogP contribution in [0.4, 0.5) is 18.9 Å². The van der Waals surface area contributed by atoms with Crippen molar-refractivity contribution < 1.29 is 18.3 Å². The molecule has 0 saturated heterocycles. The van der Waals surface area contributed by atoms with Gasteiger partial charge in [0, 0.05) is 23.3 Å². The summed E-state index contributed by atoms with van der Waals surface area (Å²) >= 11 is 3.10. The predicted molar refractivity (Wildman–Crippen MR) is 64.0 cm³/mol. The van der Waals surface area contributed by atoms with E-state index in [-0.39, 0.29) is 6.61 Å². The number of hydrogen-bond acceptors (Lipinski definition) is 2. The molecule has 0 saturated carbocycles. The molecule has 0 aliphatic heterocycles. The van der Waals surface area contributed by atoms with Gasteiger partial charge in [-0.05, 0) is 47.0 Å². The van der Waals surface area contributed by atoms with Gasteiger partial charge in [0.2, 0.25) is 0 Å². The minimum atomic E-state index is -4.32. The Hall–Kier alpha value is -0.750. The molecule has 17 heavy (non-hydrogen) atoms. The van der Waals surface area contributed by atoms with Crippen LogP contribution in [-0.4, -0.2) is 18.3 Å². The Morgan fingerprint density at radius 3 is 2.47 bits per heavy atom. The second-order valence-electron chi connectivity index (χ2n) is 3.55. The number of nitrogens with one attached hydrogen (secondary N) is 1. The molecule has 2 N–H and O–H groups in total. The monoisotopic (exact) mass is 311 g/mol. The Morgan fingerprint density at radius 2 is 1.94 bits per heavy atom. The predicted octanol–water partition coefficient (Wildman–Crippen LogP) is 3.65. The van der Waals surface area contributed by atoms with Gasteiger partial charge in [-0.25, -0.2) is 0 Å². The van der Waals surface area contributed by atoms with Crippen LogP contribution in [0, 0.1) is 0 Å². The van der Waals surface area contributed by atoms with Crippen LogP contribution in [0.15, 0.2) is 22.7 Å². The maximum Gasteiger partial charge on any atom is 0.416 e. The molecule has 1 rings (SSSR count). The van der Waals surface area contributed by atoms with Crippen molar-refractivity contribution in [2.24, 2.45) is 0 Å². The fourth-order valence-corrected chi connectivity index (χ4v) is 1.81. The molecule has 0 bridgehead atoms. The first-order valence-corrected chi connectivity index (χ1v) is 5.96. The van der Waals surface area contributed by atoms with Crippen LogP contribution < -0.4 is 5.32 Å². The van der Waals surface area contributed by atoms with Crippen LogP contribution in [-0.2, 0) is 6.18 Å². The Kier molecular flexibility index (Phi) is 5.27. The summed E-state index contributed by atoms with van der Waals surface area (Å²) in [5.41, 5.74) is -0.0544. The number of anilines is 1. The van der Waals surface area contributed by atoms with Crippen LogP contribution in [0.3, 0.4) is 0 Å². The molecule has 1 aromatic carbocycles. The summed E-state index contributed by atoms with van der Waals surface area (Å²) in [6.45, 7) is 0.736. The first-order chi connectivity index (χ1) is 7.95. The lowest BCUT2D eigenvalue weighted by Crippen LogP contribution is -2.07. The van der Waals surface area contributed by atoms with Crippen molar-refractivity contribution in [1.29, 1.82) is 0 Å². The SMILES string of the molecule is OCCCCNc1ccc(C(F)(F)F)cc1Br. The number of halogens is 4.